The molecule has 0 amide bonds. The van der Waals surface area contributed by atoms with Crippen LogP contribution in [0.25, 0.3) is 21.8 Å². The largest absolute Gasteiger partial charge is 0.337 e. The van der Waals surface area contributed by atoms with Gasteiger partial charge in [0, 0.05) is 17.8 Å². The van der Waals surface area contributed by atoms with Crippen molar-refractivity contribution in [2.75, 3.05) is 17.1 Å². The number of nitrogens with zero attached hydrogens (tertiary/aromatic N) is 3. The molecule has 0 bridgehead atoms. The van der Waals surface area contributed by atoms with Gasteiger partial charge >= 0.3 is 5.69 Å². The summed E-state index contributed by atoms with van der Waals surface area (Å²) in [4.78, 5) is 25.5. The molecule has 0 saturated carbocycles. The normalized spacial score (nSPS) is 11.3. The first-order chi connectivity index (χ1) is 16.9. The summed E-state index contributed by atoms with van der Waals surface area (Å²) in [5.74, 6) is 0.299. The molecule has 0 unspecified atom stereocenters. The fourth-order valence-corrected chi connectivity index (χ4v) is 4.61. The number of nitrogens with one attached hydrogen (secondary N) is 2. The summed E-state index contributed by atoms with van der Waals surface area (Å²) in [5, 5.41) is 5.30. The molecule has 10 heteroatoms. The van der Waals surface area contributed by atoms with E-state index in [4.69, 9.17) is 0 Å². The second-order valence-corrected chi connectivity index (χ2v) is 9.32. The molecule has 0 aliphatic rings. The number of fused-ring (bicyclic) bond motifs is 2. The maximum absolute atomic E-state index is 13.1. The minimum Gasteiger partial charge on any atom is -0.337 e. The number of aromatic nitrogens is 2. The molecule has 0 fully saturated rings. The Morgan fingerprint density at radius 1 is 0.771 bits per heavy atom. The summed E-state index contributed by atoms with van der Waals surface area (Å²) in [6, 6.07) is 26.2. The molecule has 1 aromatic heterocycles. The van der Waals surface area contributed by atoms with Crippen molar-refractivity contribution in [1.82, 2.24) is 9.97 Å². The van der Waals surface area contributed by atoms with Crippen molar-refractivity contribution in [3.8, 4) is 0 Å². The van der Waals surface area contributed by atoms with E-state index in [1.807, 2.05) is 48.5 Å². The van der Waals surface area contributed by atoms with E-state index < -0.39 is 10.0 Å². The van der Waals surface area contributed by atoms with Gasteiger partial charge in [-0.25, -0.2) is 23.2 Å². The number of hydrogen-bond acceptors (Lipinski definition) is 7. The van der Waals surface area contributed by atoms with Gasteiger partial charge in [0.1, 0.15) is 0 Å². The fourth-order valence-electron chi connectivity index (χ4n) is 3.60. The first kappa shape index (κ1) is 22.2. The Hall–Kier alpha value is -4.57. The van der Waals surface area contributed by atoms with Crippen LogP contribution in [-0.2, 0) is 14.9 Å². The van der Waals surface area contributed by atoms with E-state index in [0.717, 1.165) is 16.5 Å². The molecular weight excluding hydrogens is 466 g/mol. The zero-order valence-electron chi connectivity index (χ0n) is 18.5. The molecule has 0 radical (unpaired) electrons. The van der Waals surface area contributed by atoms with Crippen LogP contribution in [0.1, 0.15) is 0 Å². The van der Waals surface area contributed by atoms with Crippen LogP contribution in [-0.4, -0.2) is 30.4 Å². The zero-order valence-corrected chi connectivity index (χ0v) is 19.4. The van der Waals surface area contributed by atoms with Crippen molar-refractivity contribution in [3.63, 3.8) is 0 Å². The molecule has 4 aromatic carbocycles. The van der Waals surface area contributed by atoms with E-state index in [9.17, 15) is 13.3 Å². The van der Waals surface area contributed by atoms with Crippen molar-refractivity contribution in [2.45, 2.75) is 4.90 Å². The van der Waals surface area contributed by atoms with Gasteiger partial charge in [-0.2, -0.15) is 0 Å². The SMILES string of the molecule is CO[N+](=O)c1ccc(S(=O)(=O)Nc2nc3ccccc3nc2Nc2ccc3ccccc3c2)cc1. The van der Waals surface area contributed by atoms with Crippen LogP contribution < -0.4 is 10.0 Å². The highest BCUT2D eigenvalue weighted by molar-refractivity contribution is 7.92. The Kier molecular flexibility index (Phi) is 5.71. The number of sulfonamides is 1. The summed E-state index contributed by atoms with van der Waals surface area (Å²) in [5.41, 5.74) is 2.04. The van der Waals surface area contributed by atoms with Gasteiger partial charge in [0.2, 0.25) is 0 Å². The van der Waals surface area contributed by atoms with Gasteiger partial charge in [-0.15, -0.1) is 0 Å². The molecule has 9 nitrogen and oxygen atoms in total. The first-order valence-corrected chi connectivity index (χ1v) is 12.1. The van der Waals surface area contributed by atoms with Gasteiger partial charge < -0.3 is 5.32 Å². The smallest absolute Gasteiger partial charge is 0.316 e. The van der Waals surface area contributed by atoms with E-state index in [2.05, 4.69) is 24.8 Å². The van der Waals surface area contributed by atoms with Crippen molar-refractivity contribution >= 4 is 54.8 Å². The van der Waals surface area contributed by atoms with Gasteiger partial charge in [-0.3, -0.25) is 4.72 Å². The molecule has 0 atom stereocenters. The Morgan fingerprint density at radius 3 is 2.09 bits per heavy atom. The lowest BCUT2D eigenvalue weighted by molar-refractivity contribution is -0.736. The quantitative estimate of drug-likeness (QED) is 0.300. The molecule has 0 aliphatic carbocycles. The van der Waals surface area contributed by atoms with Crippen LogP contribution in [0.3, 0.4) is 0 Å². The molecule has 174 valence electrons. The van der Waals surface area contributed by atoms with E-state index in [1.165, 1.54) is 31.4 Å². The van der Waals surface area contributed by atoms with Crippen molar-refractivity contribution in [2.24, 2.45) is 0 Å². The second-order valence-electron chi connectivity index (χ2n) is 7.64. The lowest BCUT2D eigenvalue weighted by Gasteiger charge is -2.14. The van der Waals surface area contributed by atoms with E-state index in [1.54, 1.807) is 18.2 Å². The third-order valence-corrected chi connectivity index (χ3v) is 6.69. The zero-order chi connectivity index (χ0) is 24.4. The van der Waals surface area contributed by atoms with Crippen LogP contribution in [0, 0.1) is 4.91 Å². The Labute approximate surface area is 201 Å². The Balaban J connectivity index is 1.53. The molecule has 2 N–H and O–H groups in total. The Bertz CT molecular complexity index is 1670. The molecule has 0 spiro atoms. The average Bonchev–Trinajstić information content (AvgIpc) is 2.88. The van der Waals surface area contributed by atoms with Crippen LogP contribution in [0.2, 0.25) is 0 Å². The predicted octanol–water partition coefficient (Wildman–Crippen LogP) is 5.30. The molecular formula is C25H20N5O4S+. The lowest BCUT2D eigenvalue weighted by Crippen LogP contribution is -2.16. The average molecular weight is 487 g/mol. The predicted molar refractivity (Wildman–Crippen MR) is 134 cm³/mol. The van der Waals surface area contributed by atoms with E-state index in [-0.39, 0.29) is 27.1 Å². The maximum atomic E-state index is 13.1. The number of hydrogen-bond donors (Lipinski definition) is 2. The topological polar surface area (TPSA) is 113 Å². The number of anilines is 3. The first-order valence-electron chi connectivity index (χ1n) is 10.6. The lowest BCUT2D eigenvalue weighted by atomic mass is 10.1. The van der Waals surface area contributed by atoms with Crippen LogP contribution >= 0.6 is 0 Å². The minimum atomic E-state index is -4.03. The fraction of sp³-hybridized carbons (Fsp3) is 0.0400. The summed E-state index contributed by atoms with van der Waals surface area (Å²) >= 11 is 0. The van der Waals surface area contributed by atoms with Gasteiger partial charge in [0.05, 0.1) is 20.8 Å². The number of para-hydroxylation sites is 2. The Morgan fingerprint density at radius 2 is 1.40 bits per heavy atom. The van der Waals surface area contributed by atoms with Gasteiger partial charge in [-0.1, -0.05) is 42.5 Å². The van der Waals surface area contributed by atoms with Gasteiger partial charge in [-0.05, 0) is 47.2 Å². The van der Waals surface area contributed by atoms with Gasteiger partial charge in [0.15, 0.2) is 18.7 Å². The maximum Gasteiger partial charge on any atom is 0.316 e. The van der Waals surface area contributed by atoms with Crippen LogP contribution in [0.5, 0.6) is 0 Å². The third kappa shape index (κ3) is 4.59. The van der Waals surface area contributed by atoms with Crippen molar-refractivity contribution in [3.05, 3.63) is 95.9 Å². The molecule has 5 aromatic rings. The molecule has 35 heavy (non-hydrogen) atoms. The van der Waals surface area contributed by atoms with Crippen LogP contribution in [0.4, 0.5) is 23.0 Å². The summed E-state index contributed by atoms with van der Waals surface area (Å²) in [7, 11) is -2.81. The van der Waals surface area contributed by atoms with Crippen LogP contribution in [0.15, 0.2) is 95.9 Å². The molecule has 1 heterocycles. The third-order valence-electron chi connectivity index (χ3n) is 5.34. The highest BCUT2D eigenvalue weighted by Gasteiger charge is 2.21. The summed E-state index contributed by atoms with van der Waals surface area (Å²) in [6.07, 6.45) is 0. The monoisotopic (exact) mass is 486 g/mol. The number of benzene rings is 4. The highest BCUT2D eigenvalue weighted by atomic mass is 32.2. The highest BCUT2D eigenvalue weighted by Crippen LogP contribution is 2.29. The summed E-state index contributed by atoms with van der Waals surface area (Å²) in [6.45, 7) is 0. The number of rotatable bonds is 7. The van der Waals surface area contributed by atoms with E-state index >= 15 is 0 Å². The minimum absolute atomic E-state index is 0.0441. The molecule has 0 saturated heterocycles. The summed E-state index contributed by atoms with van der Waals surface area (Å²) < 4.78 is 28.8. The second kappa shape index (κ2) is 8.99. The molecule has 5 rings (SSSR count). The van der Waals surface area contributed by atoms with E-state index in [0.29, 0.717) is 11.0 Å². The van der Waals surface area contributed by atoms with Gasteiger partial charge in [0.25, 0.3) is 14.9 Å². The van der Waals surface area contributed by atoms with Crippen molar-refractivity contribution < 1.29 is 18.2 Å². The molecule has 0 aliphatic heterocycles. The van der Waals surface area contributed by atoms with Crippen molar-refractivity contribution in [1.29, 1.82) is 0 Å². The standard InChI is InChI=1S/C25H20N5O4S/c1-34-30(31)20-12-14-21(15-13-20)35(32,33)29-25-24(27-22-8-4-5-9-23(22)28-25)26-19-11-10-17-6-2-3-7-18(17)16-19/h2-16H,1H3,(H,26,27)(H,28,29)/q+1.